The van der Waals surface area contributed by atoms with Crippen molar-refractivity contribution >= 4 is 72.5 Å². The highest BCUT2D eigenvalue weighted by atomic mass is 16.5. The minimum Gasteiger partial charge on any atom is -0.458 e. The van der Waals surface area contributed by atoms with Crippen molar-refractivity contribution in [2.75, 3.05) is 4.90 Å². The van der Waals surface area contributed by atoms with Crippen molar-refractivity contribution in [3.05, 3.63) is 279 Å². The van der Waals surface area contributed by atoms with Gasteiger partial charge in [0.2, 0.25) is 0 Å². The van der Waals surface area contributed by atoms with E-state index in [9.17, 15) is 0 Å². The van der Waals surface area contributed by atoms with Crippen LogP contribution in [0.15, 0.2) is 273 Å². The molecule has 2 nitrogen and oxygen atoms in total. The molecule has 15 rings (SSSR count). The molecule has 0 saturated carbocycles. The molecule has 372 valence electrons. The summed E-state index contributed by atoms with van der Waals surface area (Å²) in [7, 11) is 0. The second-order valence-electron chi connectivity index (χ2n) is 22.3. The number of nitrogens with zero attached hydrogens (tertiary/aromatic N) is 1. The molecule has 0 aliphatic carbocycles. The lowest BCUT2D eigenvalue weighted by molar-refractivity contribution is 0.483. The molecule has 0 bridgehead atoms. The minimum absolute atomic E-state index is 0.122. The molecule has 0 spiro atoms. The molecular formula is C76H54BNO. The van der Waals surface area contributed by atoms with Crippen molar-refractivity contribution in [1.82, 2.24) is 0 Å². The van der Waals surface area contributed by atoms with Crippen LogP contribution in [0, 0.1) is 0 Å². The largest absolute Gasteiger partial charge is 0.458 e. The molecule has 0 atom stereocenters. The van der Waals surface area contributed by atoms with Crippen LogP contribution in [-0.2, 0) is 5.41 Å². The van der Waals surface area contributed by atoms with Gasteiger partial charge in [0.1, 0.15) is 11.5 Å². The first-order chi connectivity index (χ1) is 38.8. The number of benzene rings is 13. The van der Waals surface area contributed by atoms with Gasteiger partial charge in [0.15, 0.2) is 0 Å². The highest BCUT2D eigenvalue weighted by molar-refractivity contribution is 6.99. The smallest absolute Gasteiger partial charge is 0.256 e. The SMILES string of the molecule is CC(C)(C)c1cc2c3c(c1)N(c1c(-c4ccccc4)cccc1-c1ccccc1)c1cc(-c4c5ccccc5c(-c5ccc(-c6cccc7ccccc67)cc5)c5ccccc45)ccc1B3c1cc(-c3ccccc3)ccc1O2. The number of anilines is 3. The number of ether oxygens (including phenoxy) is 1. The summed E-state index contributed by atoms with van der Waals surface area (Å²) in [5.74, 6) is 1.80. The molecule has 13 aromatic rings. The summed E-state index contributed by atoms with van der Waals surface area (Å²) in [6.07, 6.45) is 0. The van der Waals surface area contributed by atoms with E-state index < -0.39 is 0 Å². The van der Waals surface area contributed by atoms with Gasteiger partial charge in [-0.05, 0) is 140 Å². The van der Waals surface area contributed by atoms with Crippen LogP contribution < -0.4 is 26.0 Å². The third-order valence-corrected chi connectivity index (χ3v) is 16.7. The number of para-hydroxylation sites is 1. The average molecular weight is 1010 g/mol. The number of fused-ring (bicyclic) bond motifs is 7. The summed E-state index contributed by atoms with van der Waals surface area (Å²) in [6, 6.07) is 101. The lowest BCUT2D eigenvalue weighted by Gasteiger charge is -2.42. The number of rotatable bonds is 7. The van der Waals surface area contributed by atoms with Crippen molar-refractivity contribution in [1.29, 1.82) is 0 Å². The second kappa shape index (κ2) is 18.5. The van der Waals surface area contributed by atoms with Gasteiger partial charge in [-0.3, -0.25) is 0 Å². The summed E-state index contributed by atoms with van der Waals surface area (Å²) in [5.41, 5.74) is 22.2. The minimum atomic E-state index is -0.188. The van der Waals surface area contributed by atoms with Crippen LogP contribution in [0.3, 0.4) is 0 Å². The van der Waals surface area contributed by atoms with Gasteiger partial charge >= 0.3 is 0 Å². The van der Waals surface area contributed by atoms with Gasteiger partial charge in [-0.15, -0.1) is 0 Å². The van der Waals surface area contributed by atoms with E-state index >= 15 is 0 Å². The van der Waals surface area contributed by atoms with Gasteiger partial charge in [0.25, 0.3) is 6.71 Å². The summed E-state index contributed by atoms with van der Waals surface area (Å²) in [4.78, 5) is 2.61. The quantitative estimate of drug-likeness (QED) is 0.117. The molecule has 0 radical (unpaired) electrons. The van der Waals surface area contributed by atoms with E-state index in [1.165, 1.54) is 93.2 Å². The second-order valence-corrected chi connectivity index (χ2v) is 22.3. The van der Waals surface area contributed by atoms with Crippen molar-refractivity contribution in [2.45, 2.75) is 26.2 Å². The first kappa shape index (κ1) is 46.6. The molecule has 3 heteroatoms. The van der Waals surface area contributed by atoms with Gasteiger partial charge in [-0.25, -0.2) is 0 Å². The Kier molecular flexibility index (Phi) is 10.9. The predicted octanol–water partition coefficient (Wildman–Crippen LogP) is 18.9. The van der Waals surface area contributed by atoms with E-state index in [4.69, 9.17) is 4.74 Å². The monoisotopic (exact) mass is 1010 g/mol. The van der Waals surface area contributed by atoms with Crippen LogP contribution in [0.4, 0.5) is 17.1 Å². The first-order valence-corrected chi connectivity index (χ1v) is 27.6. The summed E-state index contributed by atoms with van der Waals surface area (Å²) < 4.78 is 7.24. The van der Waals surface area contributed by atoms with Crippen LogP contribution in [0.1, 0.15) is 26.3 Å². The highest BCUT2D eigenvalue weighted by Gasteiger charge is 2.44. The Morgan fingerprint density at radius 1 is 0.329 bits per heavy atom. The van der Waals surface area contributed by atoms with Crippen molar-refractivity contribution < 1.29 is 4.74 Å². The zero-order valence-corrected chi connectivity index (χ0v) is 44.4. The molecule has 0 amide bonds. The molecule has 0 aromatic heterocycles. The highest BCUT2D eigenvalue weighted by Crippen LogP contribution is 2.52. The van der Waals surface area contributed by atoms with E-state index in [1.807, 2.05) is 0 Å². The molecule has 0 fully saturated rings. The molecule has 0 N–H and O–H groups in total. The number of hydrogen-bond acceptors (Lipinski definition) is 2. The molecule has 0 saturated heterocycles. The summed E-state index contributed by atoms with van der Waals surface area (Å²) in [5, 5.41) is 7.39. The Balaban J connectivity index is 1.01. The Morgan fingerprint density at radius 2 is 0.810 bits per heavy atom. The van der Waals surface area contributed by atoms with E-state index in [0.29, 0.717) is 0 Å². The lowest BCUT2D eigenvalue weighted by Crippen LogP contribution is -2.59. The van der Waals surface area contributed by atoms with Gasteiger partial charge in [-0.2, -0.15) is 0 Å². The predicted molar refractivity (Wildman–Crippen MR) is 336 cm³/mol. The van der Waals surface area contributed by atoms with Crippen LogP contribution >= 0.6 is 0 Å². The fraction of sp³-hybridized carbons (Fsp3) is 0.0526. The molecule has 79 heavy (non-hydrogen) atoms. The normalized spacial score (nSPS) is 12.5. The van der Waals surface area contributed by atoms with Gasteiger partial charge in [0.05, 0.1) is 5.69 Å². The lowest BCUT2D eigenvalue weighted by atomic mass is 9.34. The Labute approximate surface area is 462 Å². The Hall–Kier alpha value is -9.70. The maximum Gasteiger partial charge on any atom is 0.256 e. The number of hydrogen-bond donors (Lipinski definition) is 0. The molecule has 2 heterocycles. The van der Waals surface area contributed by atoms with Gasteiger partial charge < -0.3 is 9.64 Å². The average Bonchev–Trinajstić information content (AvgIpc) is 3.69. The topological polar surface area (TPSA) is 12.5 Å². The van der Waals surface area contributed by atoms with Gasteiger partial charge in [0, 0.05) is 22.5 Å². The summed E-state index contributed by atoms with van der Waals surface area (Å²) >= 11 is 0. The fourth-order valence-corrected chi connectivity index (χ4v) is 12.9. The van der Waals surface area contributed by atoms with Crippen LogP contribution in [0.5, 0.6) is 11.5 Å². The maximum atomic E-state index is 7.24. The van der Waals surface area contributed by atoms with E-state index in [-0.39, 0.29) is 12.1 Å². The molecule has 2 aliphatic rings. The third-order valence-electron chi connectivity index (χ3n) is 16.7. The zero-order valence-electron chi connectivity index (χ0n) is 44.4. The van der Waals surface area contributed by atoms with Crippen molar-refractivity contribution in [3.63, 3.8) is 0 Å². The van der Waals surface area contributed by atoms with E-state index in [0.717, 1.165) is 56.4 Å². The van der Waals surface area contributed by atoms with Crippen LogP contribution in [0.2, 0.25) is 0 Å². The molecule has 13 aromatic carbocycles. The van der Waals surface area contributed by atoms with Crippen LogP contribution in [-0.4, -0.2) is 6.71 Å². The van der Waals surface area contributed by atoms with Crippen molar-refractivity contribution in [2.24, 2.45) is 0 Å². The van der Waals surface area contributed by atoms with E-state index in [2.05, 4.69) is 299 Å². The van der Waals surface area contributed by atoms with E-state index in [1.54, 1.807) is 0 Å². The molecule has 0 unspecified atom stereocenters. The molecular weight excluding hydrogens is 954 g/mol. The zero-order chi connectivity index (χ0) is 52.8. The molecule has 2 aliphatic heterocycles. The summed E-state index contributed by atoms with van der Waals surface area (Å²) in [6.45, 7) is 6.82. The van der Waals surface area contributed by atoms with Crippen molar-refractivity contribution in [3.8, 4) is 78.3 Å². The van der Waals surface area contributed by atoms with Gasteiger partial charge in [-0.1, -0.05) is 269 Å². The maximum absolute atomic E-state index is 7.24. The standard InChI is InChI=1S/C76H54BNO/c1-76(2,3)57-47-69-74-71(48-57)79-70-44-42-55(49-21-7-4-8-22-49)45-67(70)77(74)66-43-41-56(46-68(66)78(69)75-60(51-23-9-5-10-24-51)35-20-36-61(75)52-25-11-6-12-26-52)73-64-32-17-15-30-62(64)72(63-31-16-18-33-65(63)73)54-39-37-53(38-40-54)59-34-19-28-50-27-13-14-29-58(50)59/h4-48H,1-3H3. The third kappa shape index (κ3) is 7.71. The first-order valence-electron chi connectivity index (χ1n) is 27.6. The van der Waals surface area contributed by atoms with Crippen LogP contribution in [0.25, 0.3) is 99.1 Å². The Bertz CT molecular complexity index is 4420. The fourth-order valence-electron chi connectivity index (χ4n) is 12.9. The Morgan fingerprint density at radius 3 is 1.43 bits per heavy atom.